The summed E-state index contributed by atoms with van der Waals surface area (Å²) in [5, 5.41) is 10.6. The SMILES string of the molecule is CN1CCCC(S(=O)(=O)c2cc([N+](=O)[O-])ccc2N(CCCS(=O)(=O)O)CCCS(=O)(=O)O)CC1. The zero-order chi connectivity index (χ0) is 26.4. The van der Waals surface area contributed by atoms with Gasteiger partial charge < -0.3 is 9.80 Å². The Morgan fingerprint density at radius 2 is 1.57 bits per heavy atom. The molecule has 1 saturated heterocycles. The minimum Gasteiger partial charge on any atom is -0.370 e. The lowest BCUT2D eigenvalue weighted by Gasteiger charge is -2.28. The average Bonchev–Trinajstić information content (AvgIpc) is 2.95. The molecule has 2 N–H and O–H groups in total. The van der Waals surface area contributed by atoms with E-state index in [0.29, 0.717) is 32.4 Å². The molecule has 1 aliphatic heterocycles. The summed E-state index contributed by atoms with van der Waals surface area (Å²) in [6.07, 6.45) is 1.08. The van der Waals surface area contributed by atoms with Crippen LogP contribution >= 0.6 is 0 Å². The van der Waals surface area contributed by atoms with Gasteiger partial charge in [0.25, 0.3) is 25.9 Å². The summed E-state index contributed by atoms with van der Waals surface area (Å²) >= 11 is 0. The van der Waals surface area contributed by atoms with Gasteiger partial charge >= 0.3 is 0 Å². The number of anilines is 1. The van der Waals surface area contributed by atoms with Crippen LogP contribution in [0.2, 0.25) is 0 Å². The van der Waals surface area contributed by atoms with E-state index >= 15 is 0 Å². The lowest BCUT2D eigenvalue weighted by Crippen LogP contribution is -2.31. The molecule has 1 unspecified atom stereocenters. The van der Waals surface area contributed by atoms with Gasteiger partial charge in [-0.1, -0.05) is 0 Å². The molecule has 200 valence electrons. The Bertz CT molecular complexity index is 1180. The molecule has 16 heteroatoms. The van der Waals surface area contributed by atoms with Crippen molar-refractivity contribution in [1.82, 2.24) is 4.90 Å². The van der Waals surface area contributed by atoms with Crippen molar-refractivity contribution in [3.05, 3.63) is 28.3 Å². The summed E-state index contributed by atoms with van der Waals surface area (Å²) in [5.74, 6) is -1.24. The highest BCUT2D eigenvalue weighted by Gasteiger charge is 2.33. The van der Waals surface area contributed by atoms with Gasteiger partial charge in [-0.25, -0.2) is 8.42 Å². The highest BCUT2D eigenvalue weighted by molar-refractivity contribution is 7.92. The first kappa shape index (κ1) is 29.4. The minimum absolute atomic E-state index is 0.0684. The van der Waals surface area contributed by atoms with Gasteiger partial charge in [0.05, 0.1) is 32.3 Å². The average molecular weight is 558 g/mol. The predicted molar refractivity (Wildman–Crippen MR) is 130 cm³/mol. The molecule has 0 aromatic heterocycles. The monoisotopic (exact) mass is 557 g/mol. The largest absolute Gasteiger partial charge is 0.370 e. The van der Waals surface area contributed by atoms with Crippen LogP contribution in [0.4, 0.5) is 11.4 Å². The Hall–Kier alpha value is -1.85. The molecule has 1 aromatic rings. The summed E-state index contributed by atoms with van der Waals surface area (Å²) in [4.78, 5) is 13.8. The first-order valence-electron chi connectivity index (χ1n) is 11.0. The van der Waals surface area contributed by atoms with Gasteiger partial charge in [0.2, 0.25) is 0 Å². The highest BCUT2D eigenvalue weighted by Crippen LogP contribution is 2.35. The van der Waals surface area contributed by atoms with E-state index in [1.165, 1.54) is 11.0 Å². The molecule has 1 aliphatic rings. The predicted octanol–water partition coefficient (Wildman–Crippen LogP) is 1.22. The van der Waals surface area contributed by atoms with E-state index in [4.69, 9.17) is 9.11 Å². The van der Waals surface area contributed by atoms with E-state index in [1.807, 2.05) is 11.9 Å². The van der Waals surface area contributed by atoms with Gasteiger partial charge in [-0.2, -0.15) is 16.8 Å². The van der Waals surface area contributed by atoms with E-state index in [-0.39, 0.29) is 36.5 Å². The summed E-state index contributed by atoms with van der Waals surface area (Å²) in [6, 6.07) is 3.33. The van der Waals surface area contributed by atoms with Crippen molar-refractivity contribution in [3.8, 4) is 0 Å². The fourth-order valence-electron chi connectivity index (χ4n) is 4.03. The van der Waals surface area contributed by atoms with Crippen molar-refractivity contribution in [3.63, 3.8) is 0 Å². The Balaban J connectivity index is 2.50. The van der Waals surface area contributed by atoms with Crippen molar-refractivity contribution in [2.75, 3.05) is 49.6 Å². The number of non-ortho nitro benzene ring substituents is 1. The maximum Gasteiger partial charge on any atom is 0.270 e. The van der Waals surface area contributed by atoms with Crippen LogP contribution in [-0.2, 0) is 30.1 Å². The van der Waals surface area contributed by atoms with Crippen molar-refractivity contribution >= 4 is 41.4 Å². The van der Waals surface area contributed by atoms with Gasteiger partial charge in [0.1, 0.15) is 0 Å². The number of nitrogens with zero attached hydrogens (tertiary/aromatic N) is 3. The molecule has 1 aromatic carbocycles. The zero-order valence-corrected chi connectivity index (χ0v) is 21.8. The zero-order valence-electron chi connectivity index (χ0n) is 19.3. The molecule has 1 atom stereocenters. The normalized spacial score (nSPS) is 18.2. The van der Waals surface area contributed by atoms with Crippen LogP contribution in [0.15, 0.2) is 23.1 Å². The number of hydrogen-bond donors (Lipinski definition) is 2. The number of rotatable bonds is 12. The van der Waals surface area contributed by atoms with Crippen molar-refractivity contribution < 1.29 is 39.3 Å². The van der Waals surface area contributed by atoms with E-state index in [1.54, 1.807) is 0 Å². The molecule has 0 aliphatic carbocycles. The van der Waals surface area contributed by atoms with Crippen molar-refractivity contribution in [1.29, 1.82) is 0 Å². The second-order valence-electron chi connectivity index (χ2n) is 8.58. The number of nitro benzene ring substituents is 1. The van der Waals surface area contributed by atoms with Crippen molar-refractivity contribution in [2.45, 2.75) is 42.2 Å². The molecule has 0 bridgehead atoms. The van der Waals surface area contributed by atoms with E-state index < -0.39 is 57.4 Å². The number of benzene rings is 1. The lowest BCUT2D eigenvalue weighted by atomic mass is 10.2. The lowest BCUT2D eigenvalue weighted by molar-refractivity contribution is -0.385. The summed E-state index contributed by atoms with van der Waals surface area (Å²) in [5.41, 5.74) is -0.368. The first-order chi connectivity index (χ1) is 16.1. The first-order valence-corrected chi connectivity index (χ1v) is 15.7. The van der Waals surface area contributed by atoms with Crippen molar-refractivity contribution in [2.24, 2.45) is 0 Å². The number of hydrogen-bond acceptors (Lipinski definition) is 10. The standard InChI is InChI=1S/C19H31N3O10S3/c1-20-9-2-5-17(8-12-20)35(31,32)19-15-16(22(23)24)6-7-18(19)21(10-3-13-33(25,26)27)11-4-14-34(28,29)30/h6-7,15,17H,2-5,8-14H2,1H3,(H,25,26,27)(H,28,29,30). The number of sulfone groups is 1. The third-order valence-electron chi connectivity index (χ3n) is 5.80. The number of likely N-dealkylation sites (tertiary alicyclic amines) is 1. The molecule has 0 spiro atoms. The van der Waals surface area contributed by atoms with Crippen LogP contribution in [0.25, 0.3) is 0 Å². The van der Waals surface area contributed by atoms with Gasteiger partial charge in [0, 0.05) is 25.2 Å². The molecular formula is C19H31N3O10S3. The summed E-state index contributed by atoms with van der Waals surface area (Å²) < 4.78 is 90.1. The van der Waals surface area contributed by atoms with Crippen LogP contribution in [0.3, 0.4) is 0 Å². The molecule has 0 saturated carbocycles. The molecule has 13 nitrogen and oxygen atoms in total. The maximum atomic E-state index is 13.7. The fraction of sp³-hybridized carbons (Fsp3) is 0.684. The summed E-state index contributed by atoms with van der Waals surface area (Å²) in [6.45, 7) is 1.07. The topological polar surface area (TPSA) is 192 Å². The second kappa shape index (κ2) is 11.9. The molecule has 0 amide bonds. The molecule has 2 rings (SSSR count). The Morgan fingerprint density at radius 1 is 1.00 bits per heavy atom. The number of nitro groups is 1. The molecule has 1 fully saturated rings. The van der Waals surface area contributed by atoms with Crippen LogP contribution in [0, 0.1) is 10.1 Å². The van der Waals surface area contributed by atoms with Gasteiger partial charge in [-0.05, 0) is 58.3 Å². The minimum atomic E-state index is -4.30. The van der Waals surface area contributed by atoms with Crippen LogP contribution in [0.5, 0.6) is 0 Å². The third kappa shape index (κ3) is 9.27. The van der Waals surface area contributed by atoms with Gasteiger partial charge in [-0.15, -0.1) is 0 Å². The Kier molecular flexibility index (Phi) is 10.0. The highest BCUT2D eigenvalue weighted by atomic mass is 32.2. The Labute approximate surface area is 205 Å². The van der Waals surface area contributed by atoms with Gasteiger partial charge in [0.15, 0.2) is 9.84 Å². The van der Waals surface area contributed by atoms with Crippen LogP contribution in [0.1, 0.15) is 32.1 Å². The van der Waals surface area contributed by atoms with Crippen LogP contribution < -0.4 is 4.90 Å². The van der Waals surface area contributed by atoms with E-state index in [0.717, 1.165) is 12.1 Å². The smallest absolute Gasteiger partial charge is 0.270 e. The molecule has 35 heavy (non-hydrogen) atoms. The Morgan fingerprint density at radius 3 is 2.09 bits per heavy atom. The second-order valence-corrected chi connectivity index (χ2v) is 13.9. The van der Waals surface area contributed by atoms with Crippen LogP contribution in [-0.4, -0.2) is 94.2 Å². The molecule has 1 heterocycles. The molecule has 0 radical (unpaired) electrons. The fourth-order valence-corrected chi connectivity index (χ4v) is 7.05. The molecular weight excluding hydrogens is 526 g/mol. The van der Waals surface area contributed by atoms with Gasteiger partial charge in [-0.3, -0.25) is 19.2 Å². The maximum absolute atomic E-state index is 13.7. The van der Waals surface area contributed by atoms with E-state index in [2.05, 4.69) is 0 Å². The summed E-state index contributed by atoms with van der Waals surface area (Å²) in [7, 11) is -10.8. The third-order valence-corrected chi connectivity index (χ3v) is 9.70. The van der Waals surface area contributed by atoms with E-state index in [9.17, 15) is 35.4 Å². The quantitative estimate of drug-likeness (QED) is 0.212.